The van der Waals surface area contributed by atoms with E-state index in [4.69, 9.17) is 27.9 Å². The van der Waals surface area contributed by atoms with Gasteiger partial charge in [0.1, 0.15) is 0 Å². The van der Waals surface area contributed by atoms with Gasteiger partial charge < -0.3 is 10.1 Å². The molecule has 0 saturated carbocycles. The Kier molecular flexibility index (Phi) is 6.04. The average Bonchev–Trinajstić information content (AvgIpc) is 2.51. The molecule has 2 aromatic rings. The lowest BCUT2D eigenvalue weighted by molar-refractivity contribution is -0.123. The van der Waals surface area contributed by atoms with Gasteiger partial charge in [0.15, 0.2) is 6.10 Å². The van der Waals surface area contributed by atoms with E-state index in [2.05, 4.69) is 21.2 Å². The third kappa shape index (κ3) is 4.70. The Morgan fingerprint density at radius 2 is 1.87 bits per heavy atom. The normalized spacial score (nSPS) is 11.7. The number of hydrogen-bond donors (Lipinski definition) is 1. The van der Waals surface area contributed by atoms with Crippen molar-refractivity contribution in [1.29, 1.82) is 0 Å². The molecule has 2 aromatic carbocycles. The first-order chi connectivity index (χ1) is 10.9. The highest BCUT2D eigenvalue weighted by Gasteiger charge is 2.21. The van der Waals surface area contributed by atoms with Crippen molar-refractivity contribution in [2.45, 2.75) is 13.0 Å². The van der Waals surface area contributed by atoms with Gasteiger partial charge in [-0.3, -0.25) is 4.79 Å². The first kappa shape index (κ1) is 17.8. The zero-order chi connectivity index (χ0) is 17.0. The molecule has 0 bridgehead atoms. The van der Waals surface area contributed by atoms with Gasteiger partial charge in [-0.2, -0.15) is 0 Å². The van der Waals surface area contributed by atoms with E-state index in [0.29, 0.717) is 25.8 Å². The molecule has 1 amide bonds. The minimum absolute atomic E-state index is 0.340. The molecule has 2 rings (SSSR count). The molecule has 0 aliphatic rings. The topological polar surface area (TPSA) is 55.4 Å². The first-order valence-corrected chi connectivity index (χ1v) is 8.15. The summed E-state index contributed by atoms with van der Waals surface area (Å²) >= 11 is 15.1. The van der Waals surface area contributed by atoms with Crippen LogP contribution in [0, 0.1) is 0 Å². The molecule has 120 valence electrons. The van der Waals surface area contributed by atoms with Crippen LogP contribution in [0.2, 0.25) is 10.0 Å². The molecule has 7 heteroatoms. The average molecular weight is 417 g/mol. The van der Waals surface area contributed by atoms with Gasteiger partial charge in [-0.25, -0.2) is 4.79 Å². The lowest BCUT2D eigenvalue weighted by Gasteiger charge is -2.15. The minimum Gasteiger partial charge on any atom is -0.449 e. The maximum atomic E-state index is 12.1. The Morgan fingerprint density at radius 3 is 2.57 bits per heavy atom. The second kappa shape index (κ2) is 7.81. The molecular formula is C16H12BrCl2NO3. The molecule has 4 nitrogen and oxygen atoms in total. The Labute approximate surface area is 151 Å². The minimum atomic E-state index is -0.996. The number of carbonyl (C=O) groups excluding carboxylic acids is 2. The number of nitrogens with one attached hydrogen (secondary N) is 1. The third-order valence-electron chi connectivity index (χ3n) is 2.93. The van der Waals surface area contributed by atoms with Crippen molar-refractivity contribution in [3.05, 3.63) is 62.5 Å². The van der Waals surface area contributed by atoms with Gasteiger partial charge in [-0.05, 0) is 53.2 Å². The Balaban J connectivity index is 2.04. The molecule has 1 N–H and O–H groups in total. The summed E-state index contributed by atoms with van der Waals surface area (Å²) in [6.45, 7) is 1.47. The number of esters is 1. The fourth-order valence-corrected chi connectivity index (χ4v) is 2.52. The second-order valence-electron chi connectivity index (χ2n) is 4.64. The van der Waals surface area contributed by atoms with Crippen LogP contribution in [-0.2, 0) is 9.53 Å². The van der Waals surface area contributed by atoms with Crippen LogP contribution < -0.4 is 5.32 Å². The number of ether oxygens (including phenoxy) is 1. The van der Waals surface area contributed by atoms with Gasteiger partial charge in [0, 0.05) is 9.50 Å². The summed E-state index contributed by atoms with van der Waals surface area (Å²) < 4.78 is 5.76. The number of amides is 1. The van der Waals surface area contributed by atoms with Crippen molar-refractivity contribution < 1.29 is 14.3 Å². The summed E-state index contributed by atoms with van der Waals surface area (Å²) in [5, 5.41) is 3.35. The van der Waals surface area contributed by atoms with Gasteiger partial charge >= 0.3 is 5.97 Å². The van der Waals surface area contributed by atoms with Crippen molar-refractivity contribution in [3.8, 4) is 0 Å². The predicted molar refractivity (Wildman–Crippen MR) is 94.1 cm³/mol. The Morgan fingerprint density at radius 1 is 1.17 bits per heavy atom. The zero-order valence-corrected chi connectivity index (χ0v) is 15.1. The molecular weight excluding hydrogens is 405 g/mol. The summed E-state index contributed by atoms with van der Waals surface area (Å²) in [7, 11) is 0. The van der Waals surface area contributed by atoms with E-state index in [-0.39, 0.29) is 0 Å². The molecule has 0 fully saturated rings. The van der Waals surface area contributed by atoms with Crippen molar-refractivity contribution in [3.63, 3.8) is 0 Å². The van der Waals surface area contributed by atoms with Crippen LogP contribution in [-0.4, -0.2) is 18.0 Å². The van der Waals surface area contributed by atoms with Crippen LogP contribution in [0.1, 0.15) is 17.3 Å². The fraction of sp³-hybridized carbons (Fsp3) is 0.125. The van der Waals surface area contributed by atoms with Crippen molar-refractivity contribution >= 4 is 56.7 Å². The maximum Gasteiger partial charge on any atom is 0.340 e. The van der Waals surface area contributed by atoms with Gasteiger partial charge in [-0.1, -0.05) is 35.3 Å². The lowest BCUT2D eigenvalue weighted by atomic mass is 10.2. The van der Waals surface area contributed by atoms with Crippen LogP contribution in [0.5, 0.6) is 0 Å². The van der Waals surface area contributed by atoms with Crippen LogP contribution in [0.3, 0.4) is 0 Å². The molecule has 0 aliphatic carbocycles. The lowest BCUT2D eigenvalue weighted by Crippen LogP contribution is -2.30. The van der Waals surface area contributed by atoms with Gasteiger partial charge in [0.05, 0.1) is 16.3 Å². The number of benzene rings is 2. The van der Waals surface area contributed by atoms with Crippen molar-refractivity contribution in [1.82, 2.24) is 0 Å². The number of anilines is 1. The van der Waals surface area contributed by atoms with E-state index in [1.54, 1.807) is 36.4 Å². The molecule has 0 aromatic heterocycles. The number of hydrogen-bond acceptors (Lipinski definition) is 3. The van der Waals surface area contributed by atoms with Crippen molar-refractivity contribution in [2.75, 3.05) is 5.32 Å². The Hall–Kier alpha value is -1.56. The van der Waals surface area contributed by atoms with Crippen LogP contribution in [0.15, 0.2) is 46.9 Å². The number of rotatable bonds is 4. The first-order valence-electron chi connectivity index (χ1n) is 6.60. The largest absolute Gasteiger partial charge is 0.449 e. The molecule has 0 aliphatic heterocycles. The molecule has 0 spiro atoms. The summed E-state index contributed by atoms with van der Waals surface area (Å²) in [6.07, 6.45) is -0.996. The maximum absolute atomic E-state index is 12.1. The summed E-state index contributed by atoms with van der Waals surface area (Å²) in [4.78, 5) is 24.2. The molecule has 0 radical (unpaired) electrons. The van der Waals surface area contributed by atoms with Crippen molar-refractivity contribution in [2.24, 2.45) is 0 Å². The van der Waals surface area contributed by atoms with Gasteiger partial charge in [0.2, 0.25) is 0 Å². The van der Waals surface area contributed by atoms with E-state index in [1.807, 2.05) is 0 Å². The second-order valence-corrected chi connectivity index (χ2v) is 6.34. The summed E-state index contributed by atoms with van der Waals surface area (Å²) in [6, 6.07) is 11.5. The fourth-order valence-electron chi connectivity index (χ4n) is 1.73. The van der Waals surface area contributed by atoms with E-state index in [9.17, 15) is 9.59 Å². The SMILES string of the molecule is CC(OC(=O)c1ccccc1Br)C(=O)Nc1cc(Cl)ccc1Cl. The molecule has 0 saturated heterocycles. The smallest absolute Gasteiger partial charge is 0.340 e. The molecule has 0 heterocycles. The summed E-state index contributed by atoms with van der Waals surface area (Å²) in [5.74, 6) is -1.10. The van der Waals surface area contributed by atoms with E-state index < -0.39 is 18.0 Å². The molecule has 1 unspecified atom stereocenters. The quantitative estimate of drug-likeness (QED) is 0.718. The third-order valence-corrected chi connectivity index (χ3v) is 4.19. The molecule has 1 atom stereocenters. The van der Waals surface area contributed by atoms with E-state index in [1.165, 1.54) is 13.0 Å². The van der Waals surface area contributed by atoms with Crippen LogP contribution in [0.4, 0.5) is 5.69 Å². The highest BCUT2D eigenvalue weighted by molar-refractivity contribution is 9.10. The Bertz CT molecular complexity index is 752. The number of halogens is 3. The van der Waals surface area contributed by atoms with E-state index >= 15 is 0 Å². The summed E-state index contributed by atoms with van der Waals surface area (Å²) in [5.41, 5.74) is 0.695. The van der Waals surface area contributed by atoms with E-state index in [0.717, 1.165) is 0 Å². The molecule has 23 heavy (non-hydrogen) atoms. The van der Waals surface area contributed by atoms with Crippen LogP contribution in [0.25, 0.3) is 0 Å². The highest BCUT2D eigenvalue weighted by Crippen LogP contribution is 2.25. The number of carbonyl (C=O) groups is 2. The standard InChI is InChI=1S/C16H12BrCl2NO3/c1-9(23-16(22)11-4-2-3-5-12(11)17)15(21)20-14-8-10(18)6-7-13(14)19/h2-9H,1H3,(H,20,21). The monoisotopic (exact) mass is 415 g/mol. The van der Waals surface area contributed by atoms with Gasteiger partial charge in [0.25, 0.3) is 5.91 Å². The van der Waals surface area contributed by atoms with Crippen LogP contribution >= 0.6 is 39.1 Å². The van der Waals surface area contributed by atoms with Gasteiger partial charge in [-0.15, -0.1) is 0 Å². The highest BCUT2D eigenvalue weighted by atomic mass is 79.9. The zero-order valence-electron chi connectivity index (χ0n) is 12.0. The predicted octanol–water partition coefficient (Wildman–Crippen LogP) is 4.94.